The van der Waals surface area contributed by atoms with Gasteiger partial charge in [-0.1, -0.05) is 0 Å². The molecule has 88 valence electrons. The zero-order valence-corrected chi connectivity index (χ0v) is 9.16. The molecule has 1 aliphatic rings. The highest BCUT2D eigenvalue weighted by atomic mass is 16.4. The fraction of sp³-hybridized carbons (Fsp3) is 0.600. The van der Waals surface area contributed by atoms with Gasteiger partial charge in [0.15, 0.2) is 0 Å². The number of H-pyrrole nitrogens is 1. The average molecular weight is 224 g/mol. The van der Waals surface area contributed by atoms with Crippen LogP contribution in [0.3, 0.4) is 0 Å². The maximum absolute atomic E-state index is 11.2. The normalized spacial score (nSPS) is 22.2. The van der Waals surface area contributed by atoms with E-state index in [9.17, 15) is 4.79 Å². The van der Waals surface area contributed by atoms with Crippen LogP contribution in [-0.2, 0) is 4.79 Å². The molecule has 6 heteroatoms. The molecule has 0 amide bonds. The number of nitrogens with zero attached hydrogens (tertiary/aromatic N) is 1. The van der Waals surface area contributed by atoms with Gasteiger partial charge in [0.2, 0.25) is 0 Å². The lowest BCUT2D eigenvalue weighted by Crippen LogP contribution is -2.38. The molecule has 6 nitrogen and oxygen atoms in total. The summed E-state index contributed by atoms with van der Waals surface area (Å²) in [5.41, 5.74) is 0.608. The molecule has 2 heterocycles. The summed E-state index contributed by atoms with van der Waals surface area (Å²) in [5, 5.41) is 15.5. The standard InChI is InChI=1S/C10H16N4O2/c1-6-12-5-8(13-6)9(10(15)16)14-7-2-3-11-4-7/h5,7,9,11,14H,2-4H2,1H3,(H,12,13)(H,15,16). The summed E-state index contributed by atoms with van der Waals surface area (Å²) in [6.07, 6.45) is 2.53. The van der Waals surface area contributed by atoms with Crippen LogP contribution < -0.4 is 10.6 Å². The van der Waals surface area contributed by atoms with Gasteiger partial charge in [-0.25, -0.2) is 4.98 Å². The lowest BCUT2D eigenvalue weighted by molar-refractivity contribution is -0.140. The van der Waals surface area contributed by atoms with Crippen molar-refractivity contribution in [2.24, 2.45) is 0 Å². The first-order chi connectivity index (χ1) is 7.66. The van der Waals surface area contributed by atoms with E-state index in [1.165, 1.54) is 0 Å². The highest BCUT2D eigenvalue weighted by molar-refractivity contribution is 5.74. The Kier molecular flexibility index (Phi) is 3.21. The molecule has 0 saturated carbocycles. The van der Waals surface area contributed by atoms with Crippen molar-refractivity contribution < 1.29 is 9.90 Å². The Morgan fingerprint density at radius 1 is 1.75 bits per heavy atom. The molecule has 2 rings (SSSR count). The van der Waals surface area contributed by atoms with E-state index in [1.54, 1.807) is 13.1 Å². The van der Waals surface area contributed by atoms with Crippen molar-refractivity contribution in [3.63, 3.8) is 0 Å². The van der Waals surface area contributed by atoms with Crippen molar-refractivity contribution in [2.75, 3.05) is 13.1 Å². The maximum Gasteiger partial charge on any atom is 0.326 e. The molecule has 0 radical (unpaired) electrons. The predicted octanol–water partition coefficient (Wildman–Crippen LogP) is -0.205. The third-order valence-electron chi connectivity index (χ3n) is 2.74. The van der Waals surface area contributed by atoms with Crippen LogP contribution in [0.15, 0.2) is 6.20 Å². The van der Waals surface area contributed by atoms with Crippen molar-refractivity contribution in [3.8, 4) is 0 Å². The van der Waals surface area contributed by atoms with Gasteiger partial charge in [-0.05, 0) is 19.9 Å². The molecule has 0 aromatic carbocycles. The molecule has 0 spiro atoms. The van der Waals surface area contributed by atoms with Crippen molar-refractivity contribution >= 4 is 5.97 Å². The summed E-state index contributed by atoms with van der Waals surface area (Å²) < 4.78 is 0. The number of rotatable bonds is 4. The SMILES string of the molecule is Cc1ncc(C(NC2CCNC2)C(=O)O)[nH]1. The van der Waals surface area contributed by atoms with Gasteiger partial charge in [0.25, 0.3) is 0 Å². The average Bonchev–Trinajstić information content (AvgIpc) is 2.84. The maximum atomic E-state index is 11.2. The molecule has 1 aromatic rings. The number of aromatic amines is 1. The molecule has 2 unspecified atom stereocenters. The predicted molar refractivity (Wildman–Crippen MR) is 58.1 cm³/mol. The topological polar surface area (TPSA) is 90.0 Å². The minimum absolute atomic E-state index is 0.213. The number of aliphatic carboxylic acids is 1. The summed E-state index contributed by atoms with van der Waals surface area (Å²) in [4.78, 5) is 18.1. The number of hydrogen-bond donors (Lipinski definition) is 4. The highest BCUT2D eigenvalue weighted by Crippen LogP contribution is 2.13. The van der Waals surface area contributed by atoms with Crippen molar-refractivity contribution in [1.29, 1.82) is 0 Å². The highest BCUT2D eigenvalue weighted by Gasteiger charge is 2.26. The number of nitrogens with one attached hydrogen (secondary N) is 3. The van der Waals surface area contributed by atoms with Crippen LogP contribution in [0.25, 0.3) is 0 Å². The second-order valence-corrected chi connectivity index (χ2v) is 4.05. The Balaban J connectivity index is 2.07. The second kappa shape index (κ2) is 4.63. The first-order valence-electron chi connectivity index (χ1n) is 5.38. The van der Waals surface area contributed by atoms with E-state index < -0.39 is 12.0 Å². The molecule has 1 aliphatic heterocycles. The molecule has 16 heavy (non-hydrogen) atoms. The third-order valence-corrected chi connectivity index (χ3v) is 2.74. The van der Waals surface area contributed by atoms with E-state index in [4.69, 9.17) is 5.11 Å². The molecular weight excluding hydrogens is 208 g/mol. The van der Waals surface area contributed by atoms with E-state index in [-0.39, 0.29) is 6.04 Å². The Morgan fingerprint density at radius 3 is 3.06 bits per heavy atom. The minimum Gasteiger partial charge on any atom is -0.480 e. The number of carbonyl (C=O) groups is 1. The van der Waals surface area contributed by atoms with Crippen molar-refractivity contribution in [2.45, 2.75) is 25.4 Å². The quantitative estimate of drug-likeness (QED) is 0.568. The van der Waals surface area contributed by atoms with Crippen molar-refractivity contribution in [3.05, 3.63) is 17.7 Å². The summed E-state index contributed by atoms with van der Waals surface area (Å²) in [6, 6.07) is -0.490. The molecule has 4 N–H and O–H groups in total. The second-order valence-electron chi connectivity index (χ2n) is 4.05. The van der Waals surface area contributed by atoms with Gasteiger partial charge in [0, 0.05) is 12.6 Å². The zero-order chi connectivity index (χ0) is 11.5. The monoisotopic (exact) mass is 224 g/mol. The van der Waals surface area contributed by atoms with E-state index >= 15 is 0 Å². The van der Waals surface area contributed by atoms with Gasteiger partial charge >= 0.3 is 5.97 Å². The number of aryl methyl sites for hydroxylation is 1. The van der Waals surface area contributed by atoms with Crippen LogP contribution in [0.1, 0.15) is 24.0 Å². The Morgan fingerprint density at radius 2 is 2.56 bits per heavy atom. The zero-order valence-electron chi connectivity index (χ0n) is 9.16. The fourth-order valence-corrected chi connectivity index (χ4v) is 1.91. The fourth-order valence-electron chi connectivity index (χ4n) is 1.91. The molecular formula is C10H16N4O2. The van der Waals surface area contributed by atoms with Crippen LogP contribution in [0, 0.1) is 6.92 Å². The molecule has 1 saturated heterocycles. The third kappa shape index (κ3) is 2.40. The first kappa shape index (κ1) is 11.1. The Hall–Kier alpha value is -1.40. The van der Waals surface area contributed by atoms with Gasteiger partial charge in [-0.15, -0.1) is 0 Å². The smallest absolute Gasteiger partial charge is 0.326 e. The molecule has 0 aliphatic carbocycles. The number of carboxylic acids is 1. The van der Waals surface area contributed by atoms with Gasteiger partial charge in [-0.3, -0.25) is 10.1 Å². The Labute approximate surface area is 93.5 Å². The lowest BCUT2D eigenvalue weighted by Gasteiger charge is -2.17. The number of carboxylic acid groups (broad SMARTS) is 1. The van der Waals surface area contributed by atoms with Gasteiger partial charge in [0.05, 0.1) is 11.9 Å². The van der Waals surface area contributed by atoms with Crippen LogP contribution in [-0.4, -0.2) is 40.2 Å². The van der Waals surface area contributed by atoms with E-state index in [2.05, 4.69) is 20.6 Å². The summed E-state index contributed by atoms with van der Waals surface area (Å²) in [6.45, 7) is 3.56. The largest absolute Gasteiger partial charge is 0.480 e. The molecule has 1 fully saturated rings. The van der Waals surface area contributed by atoms with Crippen LogP contribution in [0.5, 0.6) is 0 Å². The molecule has 2 atom stereocenters. The summed E-state index contributed by atoms with van der Waals surface area (Å²) >= 11 is 0. The summed E-state index contributed by atoms with van der Waals surface area (Å²) in [7, 11) is 0. The van der Waals surface area contributed by atoms with Crippen LogP contribution >= 0.6 is 0 Å². The molecule has 0 bridgehead atoms. The van der Waals surface area contributed by atoms with Crippen LogP contribution in [0.2, 0.25) is 0 Å². The van der Waals surface area contributed by atoms with E-state index in [0.29, 0.717) is 5.69 Å². The van der Waals surface area contributed by atoms with Gasteiger partial charge in [-0.2, -0.15) is 0 Å². The van der Waals surface area contributed by atoms with Crippen LogP contribution in [0.4, 0.5) is 0 Å². The summed E-state index contributed by atoms with van der Waals surface area (Å²) in [5.74, 6) is -0.150. The number of hydrogen-bond acceptors (Lipinski definition) is 4. The number of aromatic nitrogens is 2. The van der Waals surface area contributed by atoms with E-state index in [0.717, 1.165) is 25.3 Å². The first-order valence-corrected chi connectivity index (χ1v) is 5.38. The van der Waals surface area contributed by atoms with Crippen molar-refractivity contribution in [1.82, 2.24) is 20.6 Å². The minimum atomic E-state index is -0.879. The lowest BCUT2D eigenvalue weighted by atomic mass is 10.1. The Bertz CT molecular complexity index is 371. The number of imidazole rings is 1. The molecule has 1 aromatic heterocycles. The van der Waals surface area contributed by atoms with Gasteiger partial charge in [0.1, 0.15) is 11.9 Å². The van der Waals surface area contributed by atoms with E-state index in [1.807, 2.05) is 0 Å². The van der Waals surface area contributed by atoms with Gasteiger partial charge < -0.3 is 15.4 Å².